The summed E-state index contributed by atoms with van der Waals surface area (Å²) in [5.41, 5.74) is 2.22. The maximum absolute atomic E-state index is 13.2. The van der Waals surface area contributed by atoms with Crippen molar-refractivity contribution in [1.29, 1.82) is 0 Å². The van der Waals surface area contributed by atoms with E-state index in [1.165, 1.54) is 0 Å². The van der Waals surface area contributed by atoms with Gasteiger partial charge in [0, 0.05) is 24.7 Å². The van der Waals surface area contributed by atoms with Gasteiger partial charge in [-0.05, 0) is 43.7 Å². The van der Waals surface area contributed by atoms with Gasteiger partial charge in [0.2, 0.25) is 5.95 Å². The van der Waals surface area contributed by atoms with Crippen molar-refractivity contribution in [2.75, 3.05) is 32.1 Å². The van der Waals surface area contributed by atoms with Crippen molar-refractivity contribution in [3.63, 3.8) is 0 Å². The van der Waals surface area contributed by atoms with Crippen molar-refractivity contribution in [2.45, 2.75) is 18.9 Å². The molecule has 0 spiro atoms. The minimum absolute atomic E-state index is 0.213. The number of nitrogens with one attached hydrogen (secondary N) is 2. The van der Waals surface area contributed by atoms with Crippen molar-refractivity contribution in [1.82, 2.24) is 20.3 Å². The van der Waals surface area contributed by atoms with Gasteiger partial charge in [-0.3, -0.25) is 9.78 Å². The number of pyridine rings is 1. The van der Waals surface area contributed by atoms with Gasteiger partial charge in [-0.15, -0.1) is 4.98 Å². The van der Waals surface area contributed by atoms with E-state index < -0.39 is 0 Å². The number of benzene rings is 1. The molecular weight excluding hydrogens is 392 g/mol. The second-order valence-corrected chi connectivity index (χ2v) is 7.41. The van der Waals surface area contributed by atoms with Crippen LogP contribution in [0.15, 0.2) is 47.4 Å². The average molecular weight is 416 g/mol. The molecule has 0 atom stereocenters. The predicted molar refractivity (Wildman–Crippen MR) is 121 cm³/mol. The first-order valence-corrected chi connectivity index (χ1v) is 10.2. The Labute approximate surface area is 180 Å². The molecule has 158 valence electrons. The number of H-pyrrole nitrogens is 1. The summed E-state index contributed by atoms with van der Waals surface area (Å²) in [4.78, 5) is 30.7. The van der Waals surface area contributed by atoms with Crippen LogP contribution < -0.4 is 20.5 Å². The monoisotopic (exact) mass is 416 g/mol. The summed E-state index contributed by atoms with van der Waals surface area (Å²) in [6.07, 6.45) is 3.56. The quantitative estimate of drug-likeness (QED) is 0.621. The van der Waals surface area contributed by atoms with Crippen LogP contribution >= 0.6 is 0 Å². The van der Waals surface area contributed by atoms with E-state index >= 15 is 0 Å². The highest BCUT2D eigenvalue weighted by Gasteiger charge is 2.23. The van der Waals surface area contributed by atoms with Crippen molar-refractivity contribution in [3.05, 3.63) is 64.4 Å². The van der Waals surface area contributed by atoms with E-state index in [0.29, 0.717) is 40.4 Å². The van der Waals surface area contributed by atoms with Crippen molar-refractivity contribution < 1.29 is 4.74 Å². The van der Waals surface area contributed by atoms with Crippen LogP contribution in [0.3, 0.4) is 0 Å². The topological polar surface area (TPSA) is 87.5 Å². The van der Waals surface area contributed by atoms with Gasteiger partial charge < -0.3 is 19.8 Å². The minimum Gasteiger partial charge on any atom is -0.497 e. The van der Waals surface area contributed by atoms with Crippen LogP contribution in [0.25, 0.3) is 27.2 Å². The molecule has 3 heterocycles. The lowest BCUT2D eigenvalue weighted by Crippen LogP contribution is -2.42. The highest BCUT2D eigenvalue weighted by molar-refractivity contribution is 5.81. The average Bonchev–Trinajstić information content (AvgIpc) is 2.84. The normalized spacial score (nSPS) is 14.3. The van der Waals surface area contributed by atoms with E-state index in [1.54, 1.807) is 25.4 Å². The van der Waals surface area contributed by atoms with E-state index in [-0.39, 0.29) is 5.56 Å². The number of aromatic nitrogens is 3. The van der Waals surface area contributed by atoms with Crippen molar-refractivity contribution >= 4 is 11.8 Å². The molecule has 8 heteroatoms. The van der Waals surface area contributed by atoms with E-state index in [4.69, 9.17) is 16.3 Å². The predicted octanol–water partition coefficient (Wildman–Crippen LogP) is 3.25. The second kappa shape index (κ2) is 8.98. The number of piperidine rings is 1. The summed E-state index contributed by atoms with van der Waals surface area (Å²) in [6.45, 7) is 8.76. The molecule has 2 aromatic heterocycles. The lowest BCUT2D eigenvalue weighted by Gasteiger charge is -2.32. The largest absolute Gasteiger partial charge is 0.497 e. The van der Waals surface area contributed by atoms with Crippen LogP contribution in [0.4, 0.5) is 11.8 Å². The van der Waals surface area contributed by atoms with Crippen LogP contribution in [0.5, 0.6) is 5.75 Å². The first-order chi connectivity index (χ1) is 15.1. The molecule has 0 radical (unpaired) electrons. The van der Waals surface area contributed by atoms with Crippen LogP contribution in [0.2, 0.25) is 0 Å². The number of ether oxygens (including phenoxy) is 1. The molecule has 4 rings (SSSR count). The van der Waals surface area contributed by atoms with Gasteiger partial charge >= 0.3 is 0 Å². The number of rotatable bonds is 5. The number of nitrogens with zero attached hydrogens (tertiary/aromatic N) is 4. The molecule has 0 bridgehead atoms. The molecule has 31 heavy (non-hydrogen) atoms. The minimum atomic E-state index is -0.213. The van der Waals surface area contributed by atoms with Gasteiger partial charge in [0.05, 0.1) is 18.4 Å². The fourth-order valence-electron chi connectivity index (χ4n) is 3.82. The smallest absolute Gasteiger partial charge is 0.269 e. The highest BCUT2D eigenvalue weighted by Crippen LogP contribution is 2.31. The summed E-state index contributed by atoms with van der Waals surface area (Å²) in [6, 6.07) is 11.2. The first-order valence-electron chi connectivity index (χ1n) is 10.2. The number of aromatic amines is 1. The third-order valence-corrected chi connectivity index (χ3v) is 5.62. The van der Waals surface area contributed by atoms with Crippen LogP contribution in [-0.2, 0) is 0 Å². The Morgan fingerprint density at radius 1 is 1.16 bits per heavy atom. The van der Waals surface area contributed by atoms with E-state index in [9.17, 15) is 4.79 Å². The Morgan fingerprint density at radius 2 is 1.87 bits per heavy atom. The lowest BCUT2D eigenvalue weighted by atomic mass is 10.0. The molecule has 0 amide bonds. The second-order valence-electron chi connectivity index (χ2n) is 7.41. The molecule has 1 aliphatic heterocycles. The molecule has 8 nitrogen and oxygen atoms in total. The zero-order chi connectivity index (χ0) is 21.8. The van der Waals surface area contributed by atoms with Crippen molar-refractivity contribution in [3.8, 4) is 28.1 Å². The molecule has 2 N–H and O–H groups in total. The number of hydrogen-bond acceptors (Lipinski definition) is 6. The van der Waals surface area contributed by atoms with Gasteiger partial charge in [-0.1, -0.05) is 24.8 Å². The number of anilines is 1. The maximum Gasteiger partial charge on any atom is 0.269 e. The SMILES string of the molecule is [C-]#[N+]c1ccc(-c2nc(N3CCC(NC)CC3)[nH]c(=O)c2-c2ccc(OC)cc2)cn1. The molecule has 1 saturated heterocycles. The fourth-order valence-corrected chi connectivity index (χ4v) is 3.82. The zero-order valence-corrected chi connectivity index (χ0v) is 17.6. The molecule has 1 aromatic carbocycles. The Morgan fingerprint density at radius 3 is 2.45 bits per heavy atom. The van der Waals surface area contributed by atoms with E-state index in [0.717, 1.165) is 31.5 Å². The van der Waals surface area contributed by atoms with Gasteiger partial charge in [-0.25, -0.2) is 4.98 Å². The maximum atomic E-state index is 13.2. The third-order valence-electron chi connectivity index (χ3n) is 5.62. The van der Waals surface area contributed by atoms with Crippen LogP contribution in [-0.4, -0.2) is 48.2 Å². The number of methoxy groups -OCH3 is 1. The van der Waals surface area contributed by atoms with Crippen molar-refractivity contribution in [2.24, 2.45) is 0 Å². The zero-order valence-electron chi connectivity index (χ0n) is 17.6. The molecule has 0 saturated carbocycles. The lowest BCUT2D eigenvalue weighted by molar-refractivity contribution is 0.415. The van der Waals surface area contributed by atoms with Gasteiger partial charge in [0.15, 0.2) is 0 Å². The molecular formula is C23H24N6O2. The summed E-state index contributed by atoms with van der Waals surface area (Å²) < 4.78 is 5.24. The third kappa shape index (κ3) is 4.27. The standard InChI is InChI=1S/C23H24N6O2/c1-24-17-10-12-29(13-11-17)23-27-21(16-6-9-19(25-2)26-14-16)20(22(30)28-23)15-4-7-18(31-3)8-5-15/h4-9,14,17,24H,10-13H2,1,3H3,(H,27,28,30). The molecule has 1 fully saturated rings. The Hall–Kier alpha value is -3.70. The Bertz CT molecular complexity index is 1140. The van der Waals surface area contributed by atoms with Crippen LogP contribution in [0.1, 0.15) is 12.8 Å². The Kier molecular flexibility index (Phi) is 5.96. The molecule has 1 aliphatic rings. The summed E-state index contributed by atoms with van der Waals surface area (Å²) in [5, 5.41) is 3.31. The van der Waals surface area contributed by atoms with Gasteiger partial charge in [0.25, 0.3) is 11.4 Å². The number of hydrogen-bond donors (Lipinski definition) is 2. The highest BCUT2D eigenvalue weighted by atomic mass is 16.5. The summed E-state index contributed by atoms with van der Waals surface area (Å²) in [7, 11) is 3.58. The van der Waals surface area contributed by atoms with Crippen LogP contribution in [0, 0.1) is 6.57 Å². The Balaban J connectivity index is 1.81. The first kappa shape index (κ1) is 20.6. The summed E-state index contributed by atoms with van der Waals surface area (Å²) >= 11 is 0. The van der Waals surface area contributed by atoms with Gasteiger partial charge in [0.1, 0.15) is 11.9 Å². The molecule has 3 aromatic rings. The van der Waals surface area contributed by atoms with Gasteiger partial charge in [-0.2, -0.15) is 0 Å². The van der Waals surface area contributed by atoms with E-state index in [1.807, 2.05) is 31.3 Å². The molecule has 0 unspecified atom stereocenters. The van der Waals surface area contributed by atoms with E-state index in [2.05, 4.69) is 25.0 Å². The molecule has 0 aliphatic carbocycles. The summed E-state index contributed by atoms with van der Waals surface area (Å²) in [5.74, 6) is 1.57. The fraction of sp³-hybridized carbons (Fsp3) is 0.304.